The number of primary amides is 1. The number of halogens is 9. The number of ether oxygens (including phenoxy) is 1. The van der Waals surface area contributed by atoms with Crippen LogP contribution in [0.2, 0.25) is 0 Å². The number of esters is 1. The first kappa shape index (κ1) is 110. The zero-order chi connectivity index (χ0) is 108. The Morgan fingerprint density at radius 3 is 1.51 bits per heavy atom. The molecule has 136 heavy (non-hydrogen) atoms. The molecule has 1 aliphatic rings. The Balaban J connectivity index is 0.00000422. The number of aliphatic hydroxyl groups is 1. The normalized spacial score (nSPS) is 20.2. The largest absolute Gasteiger partial charge is 0.490 e. The maximum absolute atomic E-state index is 14.9. The van der Waals surface area contributed by atoms with E-state index in [1.807, 2.05) is 28.2 Å². The van der Waals surface area contributed by atoms with Crippen LogP contribution < -0.4 is 86.3 Å². The highest BCUT2D eigenvalue weighted by Gasteiger charge is 2.44. The van der Waals surface area contributed by atoms with Gasteiger partial charge in [0.05, 0.1) is 58.7 Å². The molecule has 2 aromatic carbocycles. The lowest BCUT2D eigenvalue weighted by molar-refractivity contribution is -0.193. The summed E-state index contributed by atoms with van der Waals surface area (Å²) in [6.45, 7) is 0.877. The van der Waals surface area contributed by atoms with Crippen LogP contribution in [0, 0.1) is 5.92 Å². The van der Waals surface area contributed by atoms with Crippen molar-refractivity contribution in [3.8, 4) is 0 Å². The van der Waals surface area contributed by atoms with Crippen molar-refractivity contribution >= 4 is 153 Å². The second-order valence-electron chi connectivity index (χ2n) is 29.3. The van der Waals surface area contributed by atoms with Gasteiger partial charge in [-0.2, -0.15) is 39.5 Å². The zero-order valence-corrected chi connectivity index (χ0v) is 72.2. The van der Waals surface area contributed by atoms with Gasteiger partial charge < -0.3 is 137 Å². The van der Waals surface area contributed by atoms with E-state index in [9.17, 15) is 161 Å². The van der Waals surface area contributed by atoms with E-state index in [-0.39, 0.29) is 47.1 Å². The lowest BCUT2D eigenvalue weighted by Gasteiger charge is -2.30. The average Bonchev–Trinajstić information content (AvgIpc) is 1.61. The minimum Gasteiger partial charge on any atom is -0.481 e. The van der Waals surface area contributed by atoms with Crippen LogP contribution in [0.15, 0.2) is 54.6 Å². The Morgan fingerprint density at radius 2 is 1.00 bits per heavy atom. The molecule has 0 bridgehead atoms. The molecule has 58 heteroatoms. The number of carboxylic acid groups (broad SMARTS) is 7. The molecule has 756 valence electrons. The molecule has 1 saturated heterocycles. The third-order valence-electron chi connectivity index (χ3n) is 18.2. The zero-order valence-electron chi connectivity index (χ0n) is 77.2. The van der Waals surface area contributed by atoms with E-state index in [1.54, 1.807) is 0 Å². The molecule has 49 nitrogen and oxygen atoms in total. The molecule has 0 aliphatic carbocycles. The van der Waals surface area contributed by atoms with Crippen LogP contribution in [-0.4, -0.2) is 299 Å². The Hall–Kier alpha value is -14.9. The van der Waals surface area contributed by atoms with Crippen molar-refractivity contribution in [3.63, 3.8) is 0 Å². The van der Waals surface area contributed by atoms with Crippen molar-refractivity contribution in [1.82, 2.24) is 74.1 Å². The van der Waals surface area contributed by atoms with E-state index in [1.165, 1.54) is 24.3 Å². The van der Waals surface area contributed by atoms with E-state index in [0.717, 1.165) is 52.9 Å². The number of nitrogen functional groups attached to an aromatic ring is 1. The van der Waals surface area contributed by atoms with Crippen LogP contribution in [-0.2, 0) is 117 Å². The van der Waals surface area contributed by atoms with Gasteiger partial charge in [0.15, 0.2) is 5.78 Å². The van der Waals surface area contributed by atoms with Gasteiger partial charge in [-0.05, 0) is 69.3 Å². The number of para-hydroxylation sites is 2. The predicted octanol–water partition coefficient (Wildman–Crippen LogP) is -3.72. The number of anilines is 1. The third kappa shape index (κ3) is 45.5. The van der Waals surface area contributed by atoms with E-state index in [0.29, 0.717) is 12.8 Å². The van der Waals surface area contributed by atoms with Crippen LogP contribution in [0.3, 0.4) is 0 Å². The van der Waals surface area contributed by atoms with Crippen molar-refractivity contribution in [2.75, 3.05) is 32.0 Å². The number of carbonyl (C=O) groups excluding carboxylic acids is 16. The van der Waals surface area contributed by atoms with E-state index in [2.05, 4.69) is 52.8 Å². The van der Waals surface area contributed by atoms with Gasteiger partial charge >= 0.3 is 66.3 Å². The highest BCUT2D eigenvalue weighted by molar-refractivity contribution is 6.05. The fourth-order valence-electron chi connectivity index (χ4n) is 11.4. The second kappa shape index (κ2) is 58.2. The van der Waals surface area contributed by atoms with Crippen LogP contribution in [0.4, 0.5) is 45.2 Å². The van der Waals surface area contributed by atoms with Gasteiger partial charge in [0.2, 0.25) is 82.7 Å². The van der Waals surface area contributed by atoms with Gasteiger partial charge in [-0.25, -0.2) is 19.2 Å². The summed E-state index contributed by atoms with van der Waals surface area (Å²) < 4.78 is 143. The number of cyclic esters (lactones) is 1. The number of aliphatic hydroxyl groups excluding tert-OH is 1. The monoisotopic (exact) mass is 1970 g/mol. The molecule has 1 aliphatic heterocycles. The number of aliphatic carboxylic acids is 7. The summed E-state index contributed by atoms with van der Waals surface area (Å²) >= 11 is 0. The number of rotatable bonds is 35. The molecule has 0 radical (unpaired) electrons. The number of ketones is 1. The summed E-state index contributed by atoms with van der Waals surface area (Å²) in [6, 6.07) is -21.2. The quantitative estimate of drug-likeness (QED) is 0.00885. The molecule has 4 rings (SSSR count). The molecule has 0 spiro atoms. The maximum atomic E-state index is 14.9. The van der Waals surface area contributed by atoms with E-state index in [4.69, 9.17) is 58.5 Å². The number of aromatic nitrogens is 1. The fourth-order valence-corrected chi connectivity index (χ4v) is 11.4. The number of carbonyl (C=O) groups is 23. The molecule has 3 aromatic rings. The van der Waals surface area contributed by atoms with Gasteiger partial charge in [-0.3, -0.25) is 91.1 Å². The molecule has 0 unspecified atom stereocenters. The minimum absolute atomic E-state index is 0.122. The van der Waals surface area contributed by atoms with Crippen LogP contribution in [0.25, 0.3) is 10.9 Å². The first-order valence-corrected chi connectivity index (χ1v) is 40.2. The van der Waals surface area contributed by atoms with Crippen LogP contribution in [0.5, 0.6) is 0 Å². The number of fused-ring (bicyclic) bond motifs is 1. The summed E-state index contributed by atoms with van der Waals surface area (Å²) in [5, 5.41) is 98.5. The number of hydrogen-bond donors (Lipinski definition) is 25. The van der Waals surface area contributed by atoms with E-state index >= 15 is 0 Å². The number of nitrogens with two attached hydrogens (primary N) is 3. The number of hydrogen-bond acceptors (Lipinski definition) is 27. The van der Waals surface area contributed by atoms with Crippen molar-refractivity contribution in [2.24, 2.45) is 17.4 Å². The summed E-state index contributed by atoms with van der Waals surface area (Å²) in [6.07, 6.45) is -21.5. The molecule has 2 heterocycles. The lowest BCUT2D eigenvalue weighted by atomic mass is 9.96. The number of H-pyrrole nitrogens is 1. The minimum atomic E-state index is -5.08. The van der Waals surface area contributed by atoms with Crippen LogP contribution in [0.1, 0.15) is 153 Å². The number of nitrogens with one attached hydrogen (secondary N) is 14. The number of unbranched alkanes of at least 4 members (excludes halogenated alkanes) is 6. The average molecular weight is 1970 g/mol. The molecule has 13 atom stereocenters. The number of benzene rings is 2. The standard InChI is InChI=1S/C72H101N17O26.3C2HF3O2/c1-5-6-7-8-9-10-11-22-53(93)81-44(25-38-31-76-42-20-15-13-17-39(38)42)66(108)84-45(27-52(75)92)67(109)86-48(30-59(102)103)68(110)89-61-37(4)115-72(114)49(26-51(91)40-18-12-14-19-41(40)74)87-71(113)60(35(2)24-56(96)97)88-69(111)50(34-90)82-55(95)32-77-63(105)46(28-57(98)99)83-62(104)36(3)79-65(107)47(29-58(100)101)85-64(106)43(21-16-23-73)80-54(94)33-78-70(61)112;3*3-2(4,5)1(6)7/h12-15,17-20,31,35-37,43-50,60-61,76,90H,5-11,16,21-30,32-34,73-74H2,1-4H3,(H2,75,92)(H,77,105)(H,78,112)(H,79,107)(H,80,94)(H,81,93)(H,82,95)(H,83,104)(H,84,108)(H,85,106)(H,86,109)(H,87,113)(H,88,111)(H,89,110)(H,96,97)(H,98,99)(H,100,101)(H,102,103);3*(H,6,7)/t35-,36+,37+,43-,44-,45+,46-,47-,48-,49-,50+,60-,61-;;;/m0.../s1/i13D,15D,17D,20D,31D;;;. The predicted molar refractivity (Wildman–Crippen MR) is 441 cm³/mol. The Labute approximate surface area is 770 Å². The number of amides is 14. The van der Waals surface area contributed by atoms with Gasteiger partial charge in [-0.15, -0.1) is 0 Å². The van der Waals surface area contributed by atoms with Crippen LogP contribution >= 0.6 is 0 Å². The maximum Gasteiger partial charge on any atom is 0.490 e. The fraction of sp³-hybridized carbons (Fsp3) is 0.526. The number of Topliss-reactive ketones (excluding diaryl/α,β-unsaturated/α-hetero) is 1. The van der Waals surface area contributed by atoms with E-state index < -0.39 is 335 Å². The summed E-state index contributed by atoms with van der Waals surface area (Å²) in [7, 11) is 0. The van der Waals surface area contributed by atoms with Crippen molar-refractivity contribution in [1.29, 1.82) is 0 Å². The number of carboxylic acids is 7. The third-order valence-corrected chi connectivity index (χ3v) is 18.2. The molecular formula is C78H104F9N17O32. The molecule has 1 aromatic heterocycles. The molecule has 28 N–H and O–H groups in total. The highest BCUT2D eigenvalue weighted by Crippen LogP contribution is 2.23. The van der Waals surface area contributed by atoms with Crippen molar-refractivity contribution < 1.29 is 202 Å². The smallest absolute Gasteiger partial charge is 0.481 e. The molecular weight excluding hydrogens is 1860 g/mol. The highest BCUT2D eigenvalue weighted by atomic mass is 19.4. The molecule has 14 amide bonds. The first-order chi connectivity index (χ1) is 65.3. The Bertz CT molecular complexity index is 5000. The topological polar surface area (TPSA) is 814 Å². The summed E-state index contributed by atoms with van der Waals surface area (Å²) in [5.41, 5.74) is 16.3. The Kier molecular flexibility index (Phi) is 47.0. The number of aromatic amines is 1. The van der Waals surface area contributed by atoms with Crippen molar-refractivity contribution in [3.05, 3.63) is 65.7 Å². The summed E-state index contributed by atoms with van der Waals surface area (Å²) in [5.74, 6) is -39.3. The lowest BCUT2D eigenvalue weighted by Crippen LogP contribution is -2.62. The SMILES string of the molecule is O=C(O)C(F)(F)F.O=C(O)C(F)(F)F.O=C(O)C(F)(F)F.[2H]c1[nH]c2c([2H])c([2H])c([2H])c([2H])c2c1C[C@H](NC(=O)CCCCCCCCC)C(=O)N[C@H](CC(N)=O)C(=O)N[C@@H](CC(=O)O)C(=O)N[C@@H]1C(=O)NCC(=O)N[C@@H](CCCN)C(=O)N[C@@H](CC(=O)O)C(=O)N[C@H](C)C(=O)N[C@@H](CC(=O)O)C(=O)NCC(=O)N[C@H](CO)C(=O)N[C@@H]([C@@H](C)CC(=O)O)C(=O)N[C@@H](CC(=O)c2ccccc2N)C(=O)O[C@@H]1C. The first-order valence-electron chi connectivity index (χ1n) is 42.7. The number of alkyl halides is 9. The molecule has 1 fully saturated rings. The Morgan fingerprint density at radius 1 is 0.529 bits per heavy atom. The second-order valence-corrected chi connectivity index (χ2v) is 29.3. The molecule has 0 saturated carbocycles. The van der Waals surface area contributed by atoms with Crippen molar-refractivity contribution in [2.45, 2.75) is 228 Å². The van der Waals surface area contributed by atoms with Gasteiger partial charge in [0.25, 0.3) is 0 Å². The van der Waals surface area contributed by atoms with Gasteiger partial charge in [0, 0.05) is 47.6 Å². The summed E-state index contributed by atoms with van der Waals surface area (Å²) in [4.78, 5) is 303. The van der Waals surface area contributed by atoms with Gasteiger partial charge in [-0.1, -0.05) is 82.6 Å². The van der Waals surface area contributed by atoms with Gasteiger partial charge in [0.1, 0.15) is 72.6 Å².